The Labute approximate surface area is 114 Å². The maximum absolute atomic E-state index is 11.9. The van der Waals surface area contributed by atoms with Crippen LogP contribution in [0.2, 0.25) is 0 Å². The van der Waals surface area contributed by atoms with E-state index in [0.29, 0.717) is 0 Å². The first-order chi connectivity index (χ1) is 9.03. The normalized spacial score (nSPS) is 24.9. The molecule has 0 aromatic carbocycles. The Morgan fingerprint density at radius 2 is 2.32 bits per heavy atom. The number of nitrogens with zero attached hydrogens (tertiary/aromatic N) is 3. The second kappa shape index (κ2) is 4.22. The van der Waals surface area contributed by atoms with E-state index in [1.165, 1.54) is 18.9 Å². The highest BCUT2D eigenvalue weighted by Gasteiger charge is 2.50. The fourth-order valence-electron chi connectivity index (χ4n) is 3.04. The summed E-state index contributed by atoms with van der Waals surface area (Å²) in [6.45, 7) is 9.80. The molecule has 2 fully saturated rings. The van der Waals surface area contributed by atoms with E-state index in [1.807, 2.05) is 17.3 Å². The average Bonchev–Trinajstić information content (AvgIpc) is 3.07. The molecule has 4 nitrogen and oxygen atoms in total. The zero-order valence-corrected chi connectivity index (χ0v) is 11.7. The monoisotopic (exact) mass is 259 g/mol. The van der Waals surface area contributed by atoms with Crippen molar-refractivity contribution in [2.45, 2.75) is 39.3 Å². The maximum Gasteiger partial charge on any atom is 0.246 e. The zero-order chi connectivity index (χ0) is 13.6. The summed E-state index contributed by atoms with van der Waals surface area (Å²) >= 11 is 0. The van der Waals surface area contributed by atoms with E-state index in [9.17, 15) is 4.79 Å². The Balaban J connectivity index is 1.87. The van der Waals surface area contributed by atoms with E-state index in [0.717, 1.165) is 24.8 Å². The van der Waals surface area contributed by atoms with Crippen molar-refractivity contribution in [3.05, 3.63) is 30.9 Å². The summed E-state index contributed by atoms with van der Waals surface area (Å²) in [6.07, 6.45) is 7.93. The van der Waals surface area contributed by atoms with Gasteiger partial charge in [0.05, 0.1) is 6.04 Å². The molecule has 19 heavy (non-hydrogen) atoms. The van der Waals surface area contributed by atoms with Crippen molar-refractivity contribution in [1.29, 1.82) is 0 Å². The van der Waals surface area contributed by atoms with Gasteiger partial charge in [0.25, 0.3) is 0 Å². The molecule has 3 rings (SSSR count). The van der Waals surface area contributed by atoms with Crippen LogP contribution in [0.15, 0.2) is 25.0 Å². The lowest BCUT2D eigenvalue weighted by Crippen LogP contribution is -2.58. The standard InChI is InChI=1S/C15H21N3O/c1-4-12(19)18-10-15(2,3)13(18)14-16-7-8-17(14)9-11-5-6-11/h4,7-8,11,13H,1,5-6,9-10H2,2-3H3. The van der Waals surface area contributed by atoms with Crippen molar-refractivity contribution < 1.29 is 4.79 Å². The fraction of sp³-hybridized carbons (Fsp3) is 0.600. The van der Waals surface area contributed by atoms with E-state index in [4.69, 9.17) is 0 Å². The van der Waals surface area contributed by atoms with Crippen LogP contribution in [0.4, 0.5) is 0 Å². The molecule has 1 unspecified atom stereocenters. The zero-order valence-electron chi connectivity index (χ0n) is 11.7. The summed E-state index contributed by atoms with van der Waals surface area (Å²) < 4.78 is 2.23. The highest BCUT2D eigenvalue weighted by atomic mass is 16.2. The number of hydrogen-bond donors (Lipinski definition) is 0. The largest absolute Gasteiger partial charge is 0.333 e. The Morgan fingerprint density at radius 3 is 2.89 bits per heavy atom. The first-order valence-electron chi connectivity index (χ1n) is 6.97. The van der Waals surface area contributed by atoms with Gasteiger partial charge in [-0.2, -0.15) is 0 Å². The summed E-state index contributed by atoms with van der Waals surface area (Å²) in [5, 5.41) is 0. The molecule has 1 atom stereocenters. The molecular formula is C15H21N3O. The van der Waals surface area contributed by atoms with E-state index >= 15 is 0 Å². The van der Waals surface area contributed by atoms with E-state index in [1.54, 1.807) is 0 Å². The summed E-state index contributed by atoms with van der Waals surface area (Å²) in [7, 11) is 0. The van der Waals surface area contributed by atoms with Gasteiger partial charge in [-0.15, -0.1) is 0 Å². The second-order valence-electron chi connectivity index (χ2n) is 6.44. The molecule has 1 aliphatic carbocycles. The molecule has 0 N–H and O–H groups in total. The van der Waals surface area contributed by atoms with Gasteiger partial charge in [0.15, 0.2) is 0 Å². The number of rotatable bonds is 4. The van der Waals surface area contributed by atoms with Crippen molar-refractivity contribution in [3.8, 4) is 0 Å². The Kier molecular flexibility index (Phi) is 2.77. The summed E-state index contributed by atoms with van der Waals surface area (Å²) in [6, 6.07) is 0.0757. The third kappa shape index (κ3) is 2.09. The highest BCUT2D eigenvalue weighted by Crippen LogP contribution is 2.48. The number of imidazole rings is 1. The number of aromatic nitrogens is 2. The van der Waals surface area contributed by atoms with Crippen LogP contribution in [0, 0.1) is 11.3 Å². The Bertz CT molecular complexity index is 513. The molecule has 4 heteroatoms. The van der Waals surface area contributed by atoms with Crippen LogP contribution >= 0.6 is 0 Å². The lowest BCUT2D eigenvalue weighted by atomic mass is 9.74. The first-order valence-corrected chi connectivity index (χ1v) is 6.97. The van der Waals surface area contributed by atoms with Crippen LogP contribution in [0.5, 0.6) is 0 Å². The van der Waals surface area contributed by atoms with Crippen LogP contribution in [-0.4, -0.2) is 26.9 Å². The molecule has 0 bridgehead atoms. The van der Waals surface area contributed by atoms with E-state index in [-0.39, 0.29) is 17.4 Å². The molecule has 1 aromatic heterocycles. The molecule has 0 radical (unpaired) electrons. The van der Waals surface area contributed by atoms with Crippen molar-refractivity contribution in [3.63, 3.8) is 0 Å². The minimum atomic E-state index is 0.00490. The Hall–Kier alpha value is -1.58. The van der Waals surface area contributed by atoms with Crippen LogP contribution in [-0.2, 0) is 11.3 Å². The summed E-state index contributed by atoms with van der Waals surface area (Å²) in [5.74, 6) is 1.84. The first kappa shape index (κ1) is 12.5. The van der Waals surface area contributed by atoms with Crippen LogP contribution in [0.25, 0.3) is 0 Å². The van der Waals surface area contributed by atoms with Gasteiger partial charge in [0.1, 0.15) is 5.82 Å². The van der Waals surface area contributed by atoms with Gasteiger partial charge in [-0.05, 0) is 24.8 Å². The molecule has 1 amide bonds. The maximum atomic E-state index is 11.9. The molecule has 1 aliphatic heterocycles. The quantitative estimate of drug-likeness (QED) is 0.779. The smallest absolute Gasteiger partial charge is 0.246 e. The Morgan fingerprint density at radius 1 is 1.58 bits per heavy atom. The fourth-order valence-corrected chi connectivity index (χ4v) is 3.04. The van der Waals surface area contributed by atoms with Crippen molar-refractivity contribution in [2.75, 3.05) is 6.54 Å². The molecule has 2 aliphatic rings. The van der Waals surface area contributed by atoms with Crippen molar-refractivity contribution in [2.24, 2.45) is 11.3 Å². The number of likely N-dealkylation sites (tertiary alicyclic amines) is 1. The average molecular weight is 259 g/mol. The lowest BCUT2D eigenvalue weighted by molar-refractivity contribution is -0.147. The van der Waals surface area contributed by atoms with Crippen LogP contribution in [0.3, 0.4) is 0 Å². The molecule has 1 saturated carbocycles. The van der Waals surface area contributed by atoms with Crippen molar-refractivity contribution >= 4 is 5.91 Å². The minimum absolute atomic E-state index is 0.00490. The molecule has 0 spiro atoms. The third-order valence-corrected chi connectivity index (χ3v) is 4.23. The van der Waals surface area contributed by atoms with Gasteiger partial charge in [-0.3, -0.25) is 4.79 Å². The number of carbonyl (C=O) groups excluding carboxylic acids is 1. The highest BCUT2D eigenvalue weighted by molar-refractivity contribution is 5.88. The topological polar surface area (TPSA) is 38.1 Å². The lowest BCUT2D eigenvalue weighted by Gasteiger charge is -2.53. The van der Waals surface area contributed by atoms with Gasteiger partial charge in [0.2, 0.25) is 5.91 Å². The minimum Gasteiger partial charge on any atom is -0.333 e. The second-order valence-corrected chi connectivity index (χ2v) is 6.44. The van der Waals surface area contributed by atoms with Crippen LogP contribution < -0.4 is 0 Å². The van der Waals surface area contributed by atoms with E-state index < -0.39 is 0 Å². The van der Waals surface area contributed by atoms with E-state index in [2.05, 4.69) is 30.0 Å². The van der Waals surface area contributed by atoms with Gasteiger partial charge in [-0.1, -0.05) is 20.4 Å². The SMILES string of the molecule is C=CC(=O)N1CC(C)(C)C1c1nccn1CC1CC1. The number of carbonyl (C=O) groups is 1. The molecular weight excluding hydrogens is 238 g/mol. The van der Waals surface area contributed by atoms with Crippen molar-refractivity contribution in [1.82, 2.24) is 14.5 Å². The van der Waals surface area contributed by atoms with Gasteiger partial charge < -0.3 is 9.47 Å². The predicted molar refractivity (Wildman–Crippen MR) is 73.4 cm³/mol. The summed E-state index contributed by atoms with van der Waals surface area (Å²) in [5.41, 5.74) is 0.0886. The van der Waals surface area contributed by atoms with Crippen LogP contribution in [0.1, 0.15) is 38.6 Å². The molecule has 2 heterocycles. The van der Waals surface area contributed by atoms with Gasteiger partial charge in [0, 0.05) is 30.9 Å². The predicted octanol–water partition coefficient (Wildman–Crippen LogP) is 2.39. The number of hydrogen-bond acceptors (Lipinski definition) is 2. The number of amides is 1. The van der Waals surface area contributed by atoms with Gasteiger partial charge in [-0.25, -0.2) is 4.98 Å². The molecule has 1 saturated heterocycles. The third-order valence-electron chi connectivity index (χ3n) is 4.23. The summed E-state index contributed by atoms with van der Waals surface area (Å²) in [4.78, 5) is 18.3. The molecule has 102 valence electrons. The van der Waals surface area contributed by atoms with Gasteiger partial charge >= 0.3 is 0 Å². The molecule has 1 aromatic rings.